The molecule has 0 saturated heterocycles. The SMILES string of the molecule is c1ccc(Nc2ccc3c(c2)C2(CCCCC2)c2cc(Nc4ccccc4)ccc2-3)cc1. The summed E-state index contributed by atoms with van der Waals surface area (Å²) in [4.78, 5) is 0. The molecular weight excluding hydrogens is 388 g/mol. The Hall–Kier alpha value is -3.52. The van der Waals surface area contributed by atoms with Crippen molar-refractivity contribution in [3.05, 3.63) is 108 Å². The Morgan fingerprint density at radius 2 is 0.938 bits per heavy atom. The van der Waals surface area contributed by atoms with Crippen LogP contribution in [0.5, 0.6) is 0 Å². The normalized spacial score (nSPS) is 15.8. The molecule has 2 aliphatic rings. The van der Waals surface area contributed by atoms with Crippen molar-refractivity contribution in [1.29, 1.82) is 0 Å². The summed E-state index contributed by atoms with van der Waals surface area (Å²) in [6.45, 7) is 0. The van der Waals surface area contributed by atoms with E-state index in [1.807, 2.05) is 0 Å². The van der Waals surface area contributed by atoms with Gasteiger partial charge in [-0.25, -0.2) is 0 Å². The minimum Gasteiger partial charge on any atom is -0.356 e. The molecule has 0 unspecified atom stereocenters. The molecule has 1 spiro atoms. The summed E-state index contributed by atoms with van der Waals surface area (Å²) >= 11 is 0. The quantitative estimate of drug-likeness (QED) is 0.349. The van der Waals surface area contributed by atoms with E-state index >= 15 is 0 Å². The fraction of sp³-hybridized carbons (Fsp3) is 0.200. The minimum absolute atomic E-state index is 0.131. The molecule has 0 heterocycles. The topological polar surface area (TPSA) is 24.1 Å². The molecule has 0 atom stereocenters. The Kier molecular flexibility index (Phi) is 4.72. The highest BCUT2D eigenvalue weighted by atomic mass is 14.9. The first kappa shape index (κ1) is 19.2. The maximum atomic E-state index is 3.61. The zero-order chi connectivity index (χ0) is 21.4. The van der Waals surface area contributed by atoms with E-state index in [2.05, 4.69) is 108 Å². The predicted molar refractivity (Wildman–Crippen MR) is 135 cm³/mol. The Labute approximate surface area is 190 Å². The van der Waals surface area contributed by atoms with E-state index in [1.165, 1.54) is 65.7 Å². The zero-order valence-electron chi connectivity index (χ0n) is 18.3. The molecule has 2 heteroatoms. The van der Waals surface area contributed by atoms with E-state index in [-0.39, 0.29) is 5.41 Å². The number of benzene rings is 4. The minimum atomic E-state index is 0.131. The summed E-state index contributed by atoms with van der Waals surface area (Å²) in [6, 6.07) is 34.9. The standard InChI is InChI=1S/C30H28N2/c1-4-10-22(11-5-1)31-24-14-16-26-27-17-15-25(32-23-12-6-2-7-13-23)21-29(27)30(28(26)20-24)18-8-3-9-19-30/h1-2,4-7,10-17,20-21,31-32H,3,8-9,18-19H2. The summed E-state index contributed by atoms with van der Waals surface area (Å²) in [5.74, 6) is 0. The molecule has 4 aromatic rings. The van der Waals surface area contributed by atoms with Crippen molar-refractivity contribution in [2.75, 3.05) is 10.6 Å². The van der Waals surface area contributed by atoms with E-state index in [1.54, 1.807) is 0 Å². The Balaban J connectivity index is 1.42. The molecule has 2 aliphatic carbocycles. The average Bonchev–Trinajstić information content (AvgIpc) is 3.09. The number of anilines is 4. The van der Waals surface area contributed by atoms with Crippen LogP contribution in [0.15, 0.2) is 97.1 Å². The van der Waals surface area contributed by atoms with Crippen molar-refractivity contribution >= 4 is 22.7 Å². The monoisotopic (exact) mass is 416 g/mol. The Morgan fingerprint density at radius 1 is 0.469 bits per heavy atom. The molecule has 158 valence electrons. The highest BCUT2D eigenvalue weighted by Gasteiger charge is 2.43. The first-order valence-electron chi connectivity index (χ1n) is 11.8. The molecule has 2 N–H and O–H groups in total. The second-order valence-corrected chi connectivity index (χ2v) is 9.15. The van der Waals surface area contributed by atoms with Crippen molar-refractivity contribution in [2.45, 2.75) is 37.5 Å². The lowest BCUT2D eigenvalue weighted by Crippen LogP contribution is -2.28. The largest absolute Gasteiger partial charge is 0.356 e. The second kappa shape index (κ2) is 7.87. The molecule has 0 amide bonds. The maximum Gasteiger partial charge on any atom is 0.0387 e. The van der Waals surface area contributed by atoms with Gasteiger partial charge >= 0.3 is 0 Å². The van der Waals surface area contributed by atoms with E-state index in [4.69, 9.17) is 0 Å². The third-order valence-corrected chi connectivity index (χ3v) is 7.19. The number of nitrogens with one attached hydrogen (secondary N) is 2. The molecule has 2 nitrogen and oxygen atoms in total. The van der Waals surface area contributed by atoms with Gasteiger partial charge in [0.25, 0.3) is 0 Å². The van der Waals surface area contributed by atoms with Gasteiger partial charge in [0.1, 0.15) is 0 Å². The molecule has 0 aromatic heterocycles. The number of para-hydroxylation sites is 2. The smallest absolute Gasteiger partial charge is 0.0387 e. The summed E-state index contributed by atoms with van der Waals surface area (Å²) in [5.41, 5.74) is 10.6. The van der Waals surface area contributed by atoms with Gasteiger partial charge in [-0.1, -0.05) is 67.8 Å². The van der Waals surface area contributed by atoms with Gasteiger partial charge in [-0.05, 0) is 83.6 Å². The van der Waals surface area contributed by atoms with E-state index < -0.39 is 0 Å². The Bertz CT molecular complexity index is 1150. The van der Waals surface area contributed by atoms with Gasteiger partial charge in [-0.2, -0.15) is 0 Å². The number of hydrogen-bond donors (Lipinski definition) is 2. The van der Waals surface area contributed by atoms with Crippen LogP contribution in [0.25, 0.3) is 11.1 Å². The highest BCUT2D eigenvalue weighted by molar-refractivity contribution is 5.85. The van der Waals surface area contributed by atoms with Gasteiger partial charge in [0.2, 0.25) is 0 Å². The van der Waals surface area contributed by atoms with Crippen LogP contribution in [0.1, 0.15) is 43.2 Å². The fourth-order valence-corrected chi connectivity index (χ4v) is 5.72. The number of fused-ring (bicyclic) bond motifs is 5. The van der Waals surface area contributed by atoms with Crippen LogP contribution >= 0.6 is 0 Å². The lowest BCUT2D eigenvalue weighted by molar-refractivity contribution is 0.353. The molecule has 4 aromatic carbocycles. The number of hydrogen-bond acceptors (Lipinski definition) is 2. The van der Waals surface area contributed by atoms with Gasteiger partial charge in [0.05, 0.1) is 0 Å². The maximum absolute atomic E-state index is 3.61. The van der Waals surface area contributed by atoms with E-state index in [9.17, 15) is 0 Å². The van der Waals surface area contributed by atoms with Gasteiger partial charge in [-0.3, -0.25) is 0 Å². The molecule has 0 bridgehead atoms. The molecular formula is C30H28N2. The molecule has 1 fully saturated rings. The molecule has 1 saturated carbocycles. The summed E-state index contributed by atoms with van der Waals surface area (Å²) in [5, 5.41) is 7.23. The first-order valence-corrected chi connectivity index (χ1v) is 11.8. The van der Waals surface area contributed by atoms with Gasteiger partial charge in [0.15, 0.2) is 0 Å². The van der Waals surface area contributed by atoms with Crippen molar-refractivity contribution < 1.29 is 0 Å². The molecule has 0 aliphatic heterocycles. The van der Waals surface area contributed by atoms with Crippen molar-refractivity contribution in [1.82, 2.24) is 0 Å². The van der Waals surface area contributed by atoms with Crippen LogP contribution in [0, 0.1) is 0 Å². The third kappa shape index (κ3) is 3.27. The summed E-state index contributed by atoms with van der Waals surface area (Å²) < 4.78 is 0. The van der Waals surface area contributed by atoms with Crippen LogP contribution in [0.2, 0.25) is 0 Å². The fourth-order valence-electron chi connectivity index (χ4n) is 5.72. The zero-order valence-corrected chi connectivity index (χ0v) is 18.3. The lowest BCUT2D eigenvalue weighted by atomic mass is 9.67. The van der Waals surface area contributed by atoms with Crippen molar-refractivity contribution in [2.24, 2.45) is 0 Å². The van der Waals surface area contributed by atoms with Crippen LogP contribution in [-0.4, -0.2) is 0 Å². The molecule has 6 rings (SSSR count). The third-order valence-electron chi connectivity index (χ3n) is 7.19. The van der Waals surface area contributed by atoms with E-state index in [0.29, 0.717) is 0 Å². The molecule has 0 radical (unpaired) electrons. The molecule has 32 heavy (non-hydrogen) atoms. The van der Waals surface area contributed by atoms with Crippen molar-refractivity contribution in [3.8, 4) is 11.1 Å². The summed E-state index contributed by atoms with van der Waals surface area (Å²) in [7, 11) is 0. The van der Waals surface area contributed by atoms with Gasteiger partial charge < -0.3 is 10.6 Å². The van der Waals surface area contributed by atoms with Crippen LogP contribution in [0.3, 0.4) is 0 Å². The average molecular weight is 417 g/mol. The number of rotatable bonds is 4. The van der Waals surface area contributed by atoms with Crippen LogP contribution in [0.4, 0.5) is 22.7 Å². The van der Waals surface area contributed by atoms with Gasteiger partial charge in [-0.15, -0.1) is 0 Å². The Morgan fingerprint density at radius 3 is 1.41 bits per heavy atom. The summed E-state index contributed by atoms with van der Waals surface area (Å²) in [6.07, 6.45) is 6.40. The predicted octanol–water partition coefficient (Wildman–Crippen LogP) is 8.40. The highest BCUT2D eigenvalue weighted by Crippen LogP contribution is 2.56. The van der Waals surface area contributed by atoms with E-state index in [0.717, 1.165) is 11.4 Å². The van der Waals surface area contributed by atoms with Gasteiger partial charge in [0, 0.05) is 28.2 Å². The first-order chi connectivity index (χ1) is 15.8. The van der Waals surface area contributed by atoms with Crippen LogP contribution in [-0.2, 0) is 5.41 Å². The lowest BCUT2D eigenvalue weighted by Gasteiger charge is -2.36. The van der Waals surface area contributed by atoms with Crippen LogP contribution < -0.4 is 10.6 Å². The van der Waals surface area contributed by atoms with Crippen molar-refractivity contribution in [3.63, 3.8) is 0 Å². The second-order valence-electron chi connectivity index (χ2n) is 9.15.